The molecule has 0 spiro atoms. The first-order chi connectivity index (χ1) is 12.1. The van der Waals surface area contributed by atoms with Crippen molar-refractivity contribution >= 4 is 22.9 Å². The molecule has 0 saturated carbocycles. The number of benzene rings is 2. The molecule has 3 aromatic rings. The number of nitrogens with one attached hydrogen (secondary N) is 1. The second kappa shape index (κ2) is 8.05. The zero-order valence-corrected chi connectivity index (χ0v) is 14.7. The van der Waals surface area contributed by atoms with Crippen LogP contribution in [0.3, 0.4) is 0 Å². The molecule has 3 nitrogen and oxygen atoms in total. The molecule has 0 aliphatic carbocycles. The van der Waals surface area contributed by atoms with E-state index in [9.17, 15) is 9.18 Å². The van der Waals surface area contributed by atoms with Crippen molar-refractivity contribution in [1.82, 2.24) is 0 Å². The molecule has 1 aromatic heterocycles. The van der Waals surface area contributed by atoms with E-state index < -0.39 is 0 Å². The van der Waals surface area contributed by atoms with Crippen LogP contribution in [0.15, 0.2) is 66.0 Å². The van der Waals surface area contributed by atoms with Gasteiger partial charge in [0.2, 0.25) is 0 Å². The number of carbonyl (C=O) groups is 1. The highest BCUT2D eigenvalue weighted by molar-refractivity contribution is 7.10. The lowest BCUT2D eigenvalue weighted by Crippen LogP contribution is -2.87. The van der Waals surface area contributed by atoms with Crippen molar-refractivity contribution < 1.29 is 14.5 Å². The lowest BCUT2D eigenvalue weighted by molar-refractivity contribution is -0.675. The van der Waals surface area contributed by atoms with Crippen molar-refractivity contribution in [2.45, 2.75) is 13.0 Å². The van der Waals surface area contributed by atoms with Gasteiger partial charge < -0.3 is 10.6 Å². The third-order valence-corrected chi connectivity index (χ3v) is 4.89. The van der Waals surface area contributed by atoms with E-state index in [2.05, 4.69) is 42.6 Å². The Labute approximate surface area is 150 Å². The number of rotatable bonds is 6. The van der Waals surface area contributed by atoms with Crippen LogP contribution in [-0.4, -0.2) is 12.5 Å². The van der Waals surface area contributed by atoms with Gasteiger partial charge >= 0.3 is 0 Å². The summed E-state index contributed by atoms with van der Waals surface area (Å²) in [4.78, 5) is 13.4. The Balaban J connectivity index is 1.68. The summed E-state index contributed by atoms with van der Waals surface area (Å²) in [5, 5.41) is 6.78. The molecule has 0 aliphatic heterocycles. The summed E-state index contributed by atoms with van der Waals surface area (Å²) < 4.78 is 13.2. The zero-order valence-electron chi connectivity index (χ0n) is 13.9. The third-order valence-electron chi connectivity index (χ3n) is 3.93. The smallest absolute Gasteiger partial charge is 0.279 e. The maximum atomic E-state index is 13.2. The number of halogens is 1. The summed E-state index contributed by atoms with van der Waals surface area (Å²) >= 11 is 1.68. The van der Waals surface area contributed by atoms with Crippen molar-refractivity contribution in [3.05, 3.63) is 87.9 Å². The molecule has 3 rings (SSSR count). The van der Waals surface area contributed by atoms with Gasteiger partial charge in [0.25, 0.3) is 5.91 Å². The van der Waals surface area contributed by atoms with Gasteiger partial charge in [-0.3, -0.25) is 4.79 Å². The number of amides is 1. The van der Waals surface area contributed by atoms with Crippen LogP contribution in [0.2, 0.25) is 0 Å². The Kier molecular flexibility index (Phi) is 5.58. The lowest BCUT2D eigenvalue weighted by Gasteiger charge is -2.15. The highest BCUT2D eigenvalue weighted by Gasteiger charge is 2.20. The topological polar surface area (TPSA) is 45.7 Å². The van der Waals surface area contributed by atoms with E-state index in [1.807, 2.05) is 16.8 Å². The van der Waals surface area contributed by atoms with E-state index >= 15 is 0 Å². The molecule has 3 N–H and O–H groups in total. The minimum absolute atomic E-state index is 0.0684. The molecular weight excluding hydrogens is 335 g/mol. The third kappa shape index (κ3) is 4.75. The Morgan fingerprint density at radius 3 is 2.64 bits per heavy atom. The quantitative estimate of drug-likeness (QED) is 0.699. The minimum atomic E-state index is -0.363. The van der Waals surface area contributed by atoms with E-state index in [-0.39, 0.29) is 24.3 Å². The minimum Gasteiger partial charge on any atom is -0.328 e. The van der Waals surface area contributed by atoms with Gasteiger partial charge in [0.1, 0.15) is 11.9 Å². The molecule has 0 saturated heterocycles. The first kappa shape index (κ1) is 17.3. The van der Waals surface area contributed by atoms with Crippen molar-refractivity contribution in [1.29, 1.82) is 0 Å². The van der Waals surface area contributed by atoms with Crippen molar-refractivity contribution in [3.63, 3.8) is 0 Å². The standard InChI is InChI=1S/C20H19FN2OS/c1-14-7-9-15(10-8-14)20(18-6-3-11-25-18)22-13-19(24)23-17-5-2-4-16(21)12-17/h2-12,20,22H,13H2,1H3,(H,23,24)/p+1/t20-/m1/s1. The number of aryl methyl sites for hydroxylation is 1. The van der Waals surface area contributed by atoms with Crippen molar-refractivity contribution in [2.75, 3.05) is 11.9 Å². The fraction of sp³-hybridized carbons (Fsp3) is 0.150. The van der Waals surface area contributed by atoms with E-state index in [0.717, 1.165) is 5.56 Å². The van der Waals surface area contributed by atoms with Crippen molar-refractivity contribution in [3.8, 4) is 0 Å². The number of quaternary nitrogens is 1. The van der Waals surface area contributed by atoms with Gasteiger partial charge in [-0.2, -0.15) is 0 Å². The monoisotopic (exact) mass is 355 g/mol. The van der Waals surface area contributed by atoms with Crippen LogP contribution in [0.4, 0.5) is 10.1 Å². The van der Waals surface area contributed by atoms with Crippen LogP contribution in [0.5, 0.6) is 0 Å². The Bertz CT molecular complexity index is 831. The molecule has 1 atom stereocenters. The number of anilines is 1. The number of nitrogens with two attached hydrogens (primary N) is 1. The fourth-order valence-corrected chi connectivity index (χ4v) is 3.51. The van der Waals surface area contributed by atoms with Crippen LogP contribution in [-0.2, 0) is 4.79 Å². The van der Waals surface area contributed by atoms with Gasteiger partial charge in [-0.1, -0.05) is 42.0 Å². The van der Waals surface area contributed by atoms with Crippen LogP contribution in [0.1, 0.15) is 22.0 Å². The van der Waals surface area contributed by atoms with Gasteiger partial charge in [0.05, 0.1) is 4.88 Å². The molecule has 25 heavy (non-hydrogen) atoms. The largest absolute Gasteiger partial charge is 0.328 e. The van der Waals surface area contributed by atoms with Crippen LogP contribution in [0.25, 0.3) is 0 Å². The normalized spacial score (nSPS) is 11.9. The van der Waals surface area contributed by atoms with E-state index in [0.29, 0.717) is 5.69 Å². The first-order valence-corrected chi connectivity index (χ1v) is 8.98. The zero-order chi connectivity index (χ0) is 17.6. The maximum Gasteiger partial charge on any atom is 0.279 e. The van der Waals surface area contributed by atoms with Crippen LogP contribution in [0, 0.1) is 12.7 Å². The average molecular weight is 355 g/mol. The Morgan fingerprint density at radius 1 is 1.16 bits per heavy atom. The van der Waals surface area contributed by atoms with Crippen molar-refractivity contribution in [2.24, 2.45) is 0 Å². The summed E-state index contributed by atoms with van der Waals surface area (Å²) in [5.41, 5.74) is 2.84. The maximum absolute atomic E-state index is 13.2. The molecule has 1 amide bonds. The highest BCUT2D eigenvalue weighted by Crippen LogP contribution is 2.23. The molecule has 2 aromatic carbocycles. The van der Waals surface area contributed by atoms with E-state index in [1.165, 1.54) is 22.6 Å². The summed E-state index contributed by atoms with van der Waals surface area (Å²) in [6.07, 6.45) is 0. The molecule has 0 aliphatic rings. The first-order valence-electron chi connectivity index (χ1n) is 8.10. The second-order valence-corrected chi connectivity index (χ2v) is 6.88. The summed E-state index contributed by atoms with van der Waals surface area (Å²) in [6, 6.07) is 18.4. The number of thiophene rings is 1. The van der Waals surface area contributed by atoms with Gasteiger partial charge in [0, 0.05) is 11.3 Å². The molecule has 0 unspecified atom stereocenters. The van der Waals surface area contributed by atoms with Crippen LogP contribution >= 0.6 is 11.3 Å². The summed E-state index contributed by atoms with van der Waals surface area (Å²) in [5.74, 6) is -0.517. The predicted octanol–water partition coefficient (Wildman–Crippen LogP) is 3.49. The fourth-order valence-electron chi connectivity index (χ4n) is 2.66. The number of carbonyl (C=O) groups excluding carboxylic acids is 1. The van der Waals surface area contributed by atoms with Crippen LogP contribution < -0.4 is 10.6 Å². The van der Waals surface area contributed by atoms with Gasteiger partial charge in [0.15, 0.2) is 6.54 Å². The van der Waals surface area contributed by atoms with E-state index in [1.54, 1.807) is 23.5 Å². The molecule has 128 valence electrons. The summed E-state index contributed by atoms with van der Waals surface area (Å²) in [6.45, 7) is 2.31. The molecule has 0 radical (unpaired) electrons. The summed E-state index contributed by atoms with van der Waals surface area (Å²) in [7, 11) is 0. The molecular formula is C20H20FN2OS+. The van der Waals surface area contributed by atoms with Gasteiger partial charge in [-0.25, -0.2) is 4.39 Å². The second-order valence-electron chi connectivity index (χ2n) is 5.90. The Morgan fingerprint density at radius 2 is 1.96 bits per heavy atom. The highest BCUT2D eigenvalue weighted by atomic mass is 32.1. The lowest BCUT2D eigenvalue weighted by atomic mass is 10.0. The predicted molar refractivity (Wildman–Crippen MR) is 99.2 cm³/mol. The molecule has 1 heterocycles. The SMILES string of the molecule is Cc1ccc([C@@H]([NH2+]CC(=O)Nc2cccc(F)c2)c2cccs2)cc1. The molecule has 0 bridgehead atoms. The molecule has 5 heteroatoms. The Hall–Kier alpha value is -2.50. The average Bonchev–Trinajstić information content (AvgIpc) is 3.11. The van der Waals surface area contributed by atoms with Gasteiger partial charge in [-0.15, -0.1) is 11.3 Å². The molecule has 0 fully saturated rings. The van der Waals surface area contributed by atoms with E-state index in [4.69, 9.17) is 0 Å². The number of hydrogen-bond acceptors (Lipinski definition) is 2. The van der Waals surface area contributed by atoms with Gasteiger partial charge in [-0.05, 0) is 36.6 Å². The number of hydrogen-bond donors (Lipinski definition) is 2.